The predicted octanol–water partition coefficient (Wildman–Crippen LogP) is 5.11. The molecule has 18 heteroatoms. The van der Waals surface area contributed by atoms with E-state index in [1.165, 1.54) is 0 Å². The molecule has 1 atom stereocenters. The largest absolute Gasteiger partial charge is 0.384 e. The van der Waals surface area contributed by atoms with Gasteiger partial charge in [-0.05, 0) is 0 Å². The zero-order chi connectivity index (χ0) is 24.2. The molecule has 0 aliphatic carbocycles. The quantitative estimate of drug-likeness (QED) is 0.298. The van der Waals surface area contributed by atoms with Gasteiger partial charge < -0.3 is 9.47 Å². The third kappa shape index (κ3) is 3.77. The average molecular weight is 488 g/mol. The Kier molecular flexibility index (Phi) is 6.66. The van der Waals surface area contributed by atoms with Crippen molar-refractivity contribution in [3.63, 3.8) is 0 Å². The van der Waals surface area contributed by atoms with Crippen LogP contribution in [-0.4, -0.2) is 73.8 Å². The summed E-state index contributed by atoms with van der Waals surface area (Å²) in [6, 6.07) is 0. The van der Waals surface area contributed by atoms with Gasteiger partial charge in [0.2, 0.25) is 0 Å². The second-order valence-electron chi connectivity index (χ2n) is 5.97. The summed E-state index contributed by atoms with van der Waals surface area (Å²) in [7, 11) is 0. The molecule has 0 spiro atoms. The van der Waals surface area contributed by atoms with Gasteiger partial charge in [-0.2, -0.15) is 61.5 Å². The minimum Gasteiger partial charge on any atom is -0.372 e. The molecule has 1 fully saturated rings. The summed E-state index contributed by atoms with van der Waals surface area (Å²) in [6.45, 7) is -3.96. The fourth-order valence-corrected chi connectivity index (χ4v) is 1.74. The third-order valence-electron chi connectivity index (χ3n) is 3.72. The molecule has 1 rings (SSSR count). The van der Waals surface area contributed by atoms with E-state index in [2.05, 4.69) is 9.47 Å². The molecule has 0 saturated carbocycles. The van der Waals surface area contributed by atoms with Crippen LogP contribution in [0.4, 0.5) is 70.2 Å². The van der Waals surface area contributed by atoms with Crippen LogP contribution >= 0.6 is 0 Å². The lowest BCUT2D eigenvalue weighted by Crippen LogP contribution is -2.74. The topological polar surface area (TPSA) is 21.8 Å². The third-order valence-corrected chi connectivity index (χ3v) is 3.72. The van der Waals surface area contributed by atoms with Gasteiger partial charge in [0.25, 0.3) is 0 Å². The molecule has 1 saturated heterocycles. The number of rotatable bonds is 11. The van der Waals surface area contributed by atoms with Crippen LogP contribution in [0, 0.1) is 0 Å². The molecule has 1 aliphatic heterocycles. The van der Waals surface area contributed by atoms with Crippen molar-refractivity contribution in [3.05, 3.63) is 0 Å². The van der Waals surface area contributed by atoms with Crippen molar-refractivity contribution in [2.75, 3.05) is 19.8 Å². The van der Waals surface area contributed by atoms with Crippen LogP contribution in [0.1, 0.15) is 0 Å². The normalized spacial score (nSPS) is 20.1. The van der Waals surface area contributed by atoms with Crippen LogP contribution < -0.4 is 0 Å². The van der Waals surface area contributed by atoms with Crippen molar-refractivity contribution in [3.8, 4) is 0 Å². The van der Waals surface area contributed by atoms with Gasteiger partial charge >= 0.3 is 47.9 Å². The summed E-state index contributed by atoms with van der Waals surface area (Å²) in [5, 5.41) is 0. The van der Waals surface area contributed by atoms with Gasteiger partial charge in [0.1, 0.15) is 12.7 Å². The zero-order valence-electron chi connectivity index (χ0n) is 13.6. The van der Waals surface area contributed by atoms with E-state index >= 15 is 0 Å². The second-order valence-corrected chi connectivity index (χ2v) is 5.97. The molecular formula is C12H8F16O2. The van der Waals surface area contributed by atoms with Crippen molar-refractivity contribution in [1.29, 1.82) is 0 Å². The van der Waals surface area contributed by atoms with E-state index in [0.29, 0.717) is 0 Å². The van der Waals surface area contributed by atoms with Gasteiger partial charge in [-0.15, -0.1) is 0 Å². The highest BCUT2D eigenvalue weighted by Crippen LogP contribution is 2.62. The van der Waals surface area contributed by atoms with Gasteiger partial charge in [0.05, 0.1) is 13.2 Å². The fourth-order valence-electron chi connectivity index (χ4n) is 1.74. The summed E-state index contributed by atoms with van der Waals surface area (Å²) in [5.41, 5.74) is 0. The zero-order valence-corrected chi connectivity index (χ0v) is 13.6. The van der Waals surface area contributed by atoms with E-state index in [0.717, 1.165) is 0 Å². The first-order chi connectivity index (χ1) is 13.0. The Bertz CT molecular complexity index is 611. The van der Waals surface area contributed by atoms with Gasteiger partial charge in [-0.25, -0.2) is 8.78 Å². The van der Waals surface area contributed by atoms with Crippen molar-refractivity contribution >= 4 is 0 Å². The number of epoxide rings is 1. The minimum absolute atomic E-state index is 0.157. The molecule has 0 bridgehead atoms. The minimum atomic E-state index is -8.38. The predicted molar refractivity (Wildman–Crippen MR) is 61.2 cm³/mol. The summed E-state index contributed by atoms with van der Waals surface area (Å²) in [4.78, 5) is 0. The van der Waals surface area contributed by atoms with E-state index in [9.17, 15) is 70.2 Å². The van der Waals surface area contributed by atoms with E-state index in [1.54, 1.807) is 0 Å². The maximum atomic E-state index is 13.4. The summed E-state index contributed by atoms with van der Waals surface area (Å²) in [6.07, 6.45) is -6.82. The van der Waals surface area contributed by atoms with Crippen molar-refractivity contribution in [1.82, 2.24) is 0 Å². The van der Waals surface area contributed by atoms with E-state index in [1.807, 2.05) is 0 Å². The maximum absolute atomic E-state index is 13.4. The first-order valence-corrected chi connectivity index (χ1v) is 7.14. The number of alkyl halides is 16. The van der Waals surface area contributed by atoms with Crippen molar-refractivity contribution in [2.45, 2.75) is 54.0 Å². The average Bonchev–Trinajstić information content (AvgIpc) is 3.37. The van der Waals surface area contributed by atoms with Gasteiger partial charge in [0.15, 0.2) is 0 Å². The van der Waals surface area contributed by atoms with Crippen LogP contribution in [0.15, 0.2) is 0 Å². The molecule has 0 aromatic rings. The summed E-state index contributed by atoms with van der Waals surface area (Å²) in [5.74, 6) is -54.5. The van der Waals surface area contributed by atoms with Crippen LogP contribution in [0.2, 0.25) is 0 Å². The van der Waals surface area contributed by atoms with E-state index < -0.39 is 67.2 Å². The Morgan fingerprint density at radius 1 is 0.667 bits per heavy atom. The van der Waals surface area contributed by atoms with Gasteiger partial charge in [0, 0.05) is 0 Å². The molecule has 1 aliphatic rings. The lowest BCUT2D eigenvalue weighted by atomic mass is 9.89. The molecular weight excluding hydrogens is 480 g/mol. The smallest absolute Gasteiger partial charge is 0.372 e. The highest BCUT2D eigenvalue weighted by Gasteiger charge is 2.93. The Hall–Kier alpha value is -1.20. The molecule has 0 amide bonds. The molecule has 180 valence electrons. The summed E-state index contributed by atoms with van der Waals surface area (Å²) >= 11 is 0. The standard InChI is InChI=1S/C12H8F16O2/c13-5(14)7(17,18)9(21,22)11(25,26)12(27,28)10(23,24)8(19,20)6(15,16)3-29-1-4-2-30-4/h4-5H,1-3H2/t4-/m0/s1. The Morgan fingerprint density at radius 3 is 1.40 bits per heavy atom. The maximum Gasteiger partial charge on any atom is 0.384 e. The van der Waals surface area contributed by atoms with Gasteiger partial charge in [-0.1, -0.05) is 0 Å². The van der Waals surface area contributed by atoms with Gasteiger partial charge in [-0.3, -0.25) is 0 Å². The van der Waals surface area contributed by atoms with Crippen molar-refractivity contribution < 1.29 is 79.7 Å². The number of hydrogen-bond donors (Lipinski definition) is 0. The second kappa shape index (κ2) is 7.44. The Morgan fingerprint density at radius 2 is 1.03 bits per heavy atom. The van der Waals surface area contributed by atoms with Crippen LogP contribution in [-0.2, 0) is 9.47 Å². The van der Waals surface area contributed by atoms with Crippen LogP contribution in [0.3, 0.4) is 0 Å². The number of hydrogen-bond acceptors (Lipinski definition) is 2. The highest BCUT2D eigenvalue weighted by molar-refractivity contribution is 5.14. The molecule has 0 radical (unpaired) electrons. The van der Waals surface area contributed by atoms with E-state index in [4.69, 9.17) is 0 Å². The first kappa shape index (κ1) is 26.8. The summed E-state index contributed by atoms with van der Waals surface area (Å²) < 4.78 is 216. The molecule has 1 heterocycles. The molecule has 2 nitrogen and oxygen atoms in total. The fraction of sp³-hybridized carbons (Fsp3) is 1.00. The van der Waals surface area contributed by atoms with Crippen molar-refractivity contribution in [2.24, 2.45) is 0 Å². The SMILES string of the molecule is FC(F)C(F)(F)C(F)(F)C(F)(F)C(F)(F)C(F)(F)C(F)(F)C(F)(F)COC[C@H]1CO1. The lowest BCUT2D eigenvalue weighted by Gasteiger charge is -2.42. The van der Waals surface area contributed by atoms with Crippen LogP contribution in [0.25, 0.3) is 0 Å². The van der Waals surface area contributed by atoms with E-state index in [-0.39, 0.29) is 6.61 Å². The highest BCUT2D eigenvalue weighted by atomic mass is 19.4. The molecule has 0 aromatic heterocycles. The number of halogens is 16. The molecule has 0 unspecified atom stereocenters. The molecule has 0 aromatic carbocycles. The lowest BCUT2D eigenvalue weighted by molar-refractivity contribution is -0.448. The Labute approximate surface area is 155 Å². The van der Waals surface area contributed by atoms with Crippen LogP contribution in [0.5, 0.6) is 0 Å². The Balaban J connectivity index is 3.34. The number of ether oxygens (including phenoxy) is 2. The first-order valence-electron chi connectivity index (χ1n) is 7.14. The monoisotopic (exact) mass is 488 g/mol. The molecule has 0 N–H and O–H groups in total. The molecule has 30 heavy (non-hydrogen) atoms.